The number of amides is 1. The average Bonchev–Trinajstić information content (AvgIpc) is 3.44. The summed E-state index contributed by atoms with van der Waals surface area (Å²) in [6.07, 6.45) is 2.96. The van der Waals surface area contributed by atoms with Crippen LogP contribution in [0.3, 0.4) is 0 Å². The number of rotatable bonds is 15. The van der Waals surface area contributed by atoms with Crippen LogP contribution < -0.4 is 25.7 Å². The summed E-state index contributed by atoms with van der Waals surface area (Å²) in [6.45, 7) is 9.53. The van der Waals surface area contributed by atoms with Gasteiger partial charge in [-0.25, -0.2) is 14.6 Å². The maximum absolute atomic E-state index is 12.2. The molecule has 0 aliphatic rings. The van der Waals surface area contributed by atoms with Gasteiger partial charge in [-0.15, -0.1) is 0 Å². The molecule has 1 unspecified atom stereocenters. The molecule has 3 heterocycles. The number of carboxylic acid groups (broad SMARTS) is 1. The molecule has 0 bridgehead atoms. The molecule has 5 aromatic rings. The summed E-state index contributed by atoms with van der Waals surface area (Å²) in [5.41, 5.74) is 1.57. The second-order valence-corrected chi connectivity index (χ2v) is 18.6. The molecule has 0 radical (unpaired) electrons. The zero-order valence-corrected chi connectivity index (χ0v) is 33.3. The highest BCUT2D eigenvalue weighted by Crippen LogP contribution is 2.37. The maximum Gasteiger partial charge on any atom is 0.413 e. The molecule has 274 valence electrons. The Bertz CT molecular complexity index is 1970. The highest BCUT2D eigenvalue weighted by Gasteiger charge is 2.50. The quantitative estimate of drug-likeness (QED) is 0.0801. The molecular weight excluding hydrogens is 793 g/mol. The zero-order valence-electron chi connectivity index (χ0n) is 30.1. The van der Waals surface area contributed by atoms with Crippen molar-refractivity contribution in [3.63, 3.8) is 0 Å². The number of carbonyl (C=O) groups excluding carboxylic acids is 1. The Balaban J connectivity index is 1.52. The number of nitrogens with zero attached hydrogens (tertiary/aromatic N) is 5. The lowest BCUT2D eigenvalue weighted by atomic mass is 10.1. The Hall–Kier alpha value is -4.61. The second-order valence-electron chi connectivity index (χ2n) is 13.3. The first-order chi connectivity index (χ1) is 24.9. The number of aromatic carboxylic acids is 1. The fourth-order valence-corrected chi connectivity index (χ4v) is 11.6. The van der Waals surface area contributed by atoms with E-state index in [1.54, 1.807) is 4.68 Å². The van der Waals surface area contributed by atoms with Crippen molar-refractivity contribution >= 4 is 76.1 Å². The number of fused-ring (bicyclic) bond motifs is 1. The second kappa shape index (κ2) is 16.8. The fraction of sp³-hybridized carbons (Fsp3) is 0.351. The Kier molecular flexibility index (Phi) is 12.5. The molecule has 0 saturated heterocycles. The third-order valence-electron chi connectivity index (χ3n) is 8.82. The van der Waals surface area contributed by atoms with Crippen LogP contribution in [0.5, 0.6) is 5.75 Å². The summed E-state index contributed by atoms with van der Waals surface area (Å²) in [7, 11) is -0.0288. The molecule has 3 N–H and O–H groups in total. The van der Waals surface area contributed by atoms with E-state index in [2.05, 4.69) is 119 Å². The van der Waals surface area contributed by atoms with E-state index in [9.17, 15) is 14.7 Å². The number of hydrogen-bond acceptors (Lipinski definition) is 10. The molecule has 2 aromatic carbocycles. The van der Waals surface area contributed by atoms with E-state index in [1.807, 2.05) is 12.1 Å². The van der Waals surface area contributed by atoms with Crippen LogP contribution in [0.1, 0.15) is 63.0 Å². The first-order valence-electron chi connectivity index (χ1n) is 17.0. The van der Waals surface area contributed by atoms with Gasteiger partial charge in [0.05, 0.1) is 26.3 Å². The van der Waals surface area contributed by atoms with Gasteiger partial charge in [-0.1, -0.05) is 94.8 Å². The minimum Gasteiger partial charge on any atom is -0.495 e. The third-order valence-corrected chi connectivity index (χ3v) is 14.6. The van der Waals surface area contributed by atoms with Crippen LogP contribution in [0.2, 0.25) is 5.04 Å². The first-order valence-corrected chi connectivity index (χ1v) is 20.0. The summed E-state index contributed by atoms with van der Waals surface area (Å²) in [5.74, 6) is -0.290. The van der Waals surface area contributed by atoms with Gasteiger partial charge in [-0.2, -0.15) is 10.1 Å². The highest BCUT2D eigenvalue weighted by atomic mass is 127. The van der Waals surface area contributed by atoms with Gasteiger partial charge in [-0.3, -0.25) is 15.0 Å². The molecule has 1 amide bonds. The number of pyridine rings is 1. The van der Waals surface area contributed by atoms with Gasteiger partial charge in [0.15, 0.2) is 5.82 Å². The van der Waals surface area contributed by atoms with Gasteiger partial charge in [0.2, 0.25) is 5.95 Å². The van der Waals surface area contributed by atoms with Crippen LogP contribution in [-0.4, -0.2) is 77.1 Å². The minimum atomic E-state index is -2.76. The molecule has 1 atom stereocenters. The van der Waals surface area contributed by atoms with E-state index in [-0.39, 0.29) is 29.1 Å². The SMILES string of the molecule is CCCC(CCO[Si](c1ccccc1)(c1ccccc1)C(C)(C)C)Nc1nc(NC(=O)OC)nc2c(I)nn(Cc3ncc(C(=O)O)cc3OC)c12. The molecular formula is C37H44IN7O6Si. The molecule has 0 saturated carbocycles. The number of carboxylic acids is 1. The third kappa shape index (κ3) is 8.37. The Morgan fingerprint density at radius 2 is 1.65 bits per heavy atom. The number of nitrogens with one attached hydrogen (secondary N) is 2. The van der Waals surface area contributed by atoms with Crippen molar-refractivity contribution in [1.29, 1.82) is 0 Å². The lowest BCUT2D eigenvalue weighted by Crippen LogP contribution is -2.66. The molecule has 5 rings (SSSR count). The summed E-state index contributed by atoms with van der Waals surface area (Å²) < 4.78 is 19.8. The smallest absolute Gasteiger partial charge is 0.413 e. The number of halogens is 1. The normalized spacial score (nSPS) is 12.4. The zero-order chi connectivity index (χ0) is 37.5. The number of carbonyl (C=O) groups is 2. The van der Waals surface area contributed by atoms with Crippen LogP contribution >= 0.6 is 22.6 Å². The van der Waals surface area contributed by atoms with Crippen LogP contribution in [0.15, 0.2) is 72.9 Å². The lowest BCUT2D eigenvalue weighted by molar-refractivity contribution is 0.0696. The van der Waals surface area contributed by atoms with Crippen molar-refractivity contribution < 1.29 is 28.6 Å². The number of methoxy groups -OCH3 is 2. The van der Waals surface area contributed by atoms with Gasteiger partial charge in [-0.05, 0) is 56.9 Å². The van der Waals surface area contributed by atoms with E-state index in [0.29, 0.717) is 45.0 Å². The number of hydrogen-bond donors (Lipinski definition) is 3. The van der Waals surface area contributed by atoms with Crippen molar-refractivity contribution in [2.24, 2.45) is 0 Å². The summed E-state index contributed by atoms with van der Waals surface area (Å²) >= 11 is 2.09. The van der Waals surface area contributed by atoms with Crippen LogP contribution in [0.25, 0.3) is 11.0 Å². The maximum atomic E-state index is 12.2. The van der Waals surface area contributed by atoms with E-state index in [1.165, 1.54) is 36.9 Å². The predicted octanol–water partition coefficient (Wildman–Crippen LogP) is 6.31. The number of ether oxygens (including phenoxy) is 2. The van der Waals surface area contributed by atoms with E-state index < -0.39 is 20.4 Å². The number of aromatic nitrogens is 5. The molecule has 3 aromatic heterocycles. The molecule has 52 heavy (non-hydrogen) atoms. The van der Waals surface area contributed by atoms with Gasteiger partial charge in [0.1, 0.15) is 26.2 Å². The molecule has 0 spiro atoms. The van der Waals surface area contributed by atoms with Gasteiger partial charge in [0, 0.05) is 18.8 Å². The van der Waals surface area contributed by atoms with Gasteiger partial charge in [0.25, 0.3) is 8.32 Å². The van der Waals surface area contributed by atoms with Crippen LogP contribution in [0, 0.1) is 3.70 Å². The summed E-state index contributed by atoms with van der Waals surface area (Å²) in [6, 6.07) is 22.5. The molecule has 13 nitrogen and oxygen atoms in total. The first kappa shape index (κ1) is 38.6. The van der Waals surface area contributed by atoms with E-state index in [0.717, 1.165) is 12.8 Å². The Labute approximate surface area is 317 Å². The standard InChI is InChI=1S/C37H44IN7O6Si/c1-7-14-25(19-20-51-52(37(2,3)4,26-15-10-8-11-16-26)27-17-12-9-13-18-27)40-33-31-30(41-35(42-33)43-36(48)50-6)32(38)44-45(31)23-28-29(49-5)21-24(22-39-28)34(46)47/h8-13,15-18,21-22,25H,7,14,19-20,23H2,1-6H3,(H,46,47)(H2,40,41,42,43,48). The molecule has 0 fully saturated rings. The fourth-order valence-electron chi connectivity index (χ4n) is 6.43. The predicted molar refractivity (Wildman–Crippen MR) is 211 cm³/mol. The van der Waals surface area contributed by atoms with Crippen LogP contribution in [-0.2, 0) is 15.7 Å². The summed E-state index contributed by atoms with van der Waals surface area (Å²) in [5, 5.41) is 22.7. The Morgan fingerprint density at radius 1 is 1.00 bits per heavy atom. The monoisotopic (exact) mass is 837 g/mol. The van der Waals surface area contributed by atoms with Crippen molar-refractivity contribution in [3.8, 4) is 5.75 Å². The molecule has 0 aliphatic carbocycles. The summed E-state index contributed by atoms with van der Waals surface area (Å²) in [4.78, 5) is 37.6. The average molecular weight is 838 g/mol. The Morgan fingerprint density at radius 3 is 2.21 bits per heavy atom. The van der Waals surface area contributed by atoms with Crippen molar-refractivity contribution in [2.45, 2.75) is 64.6 Å². The topological polar surface area (TPSA) is 163 Å². The lowest BCUT2D eigenvalue weighted by Gasteiger charge is -2.43. The van der Waals surface area contributed by atoms with Crippen molar-refractivity contribution in [3.05, 3.63) is 87.9 Å². The van der Waals surface area contributed by atoms with Crippen LogP contribution in [0.4, 0.5) is 16.6 Å². The van der Waals surface area contributed by atoms with E-state index >= 15 is 0 Å². The number of anilines is 2. The molecule has 15 heteroatoms. The minimum absolute atomic E-state index is 0.00687. The van der Waals surface area contributed by atoms with Crippen molar-refractivity contribution in [1.82, 2.24) is 24.7 Å². The van der Waals surface area contributed by atoms with E-state index in [4.69, 9.17) is 24.0 Å². The highest BCUT2D eigenvalue weighted by molar-refractivity contribution is 14.1. The largest absolute Gasteiger partial charge is 0.495 e. The molecule has 0 aliphatic heterocycles. The van der Waals surface area contributed by atoms with Gasteiger partial charge >= 0.3 is 12.1 Å². The van der Waals surface area contributed by atoms with Gasteiger partial charge < -0.3 is 24.3 Å². The van der Waals surface area contributed by atoms with Crippen molar-refractivity contribution in [2.75, 3.05) is 31.5 Å². The number of benzene rings is 2.